The van der Waals surface area contributed by atoms with Crippen molar-refractivity contribution >= 4 is 11.7 Å². The fourth-order valence-electron chi connectivity index (χ4n) is 1.69. The predicted octanol–water partition coefficient (Wildman–Crippen LogP) is 0.261. The van der Waals surface area contributed by atoms with Crippen molar-refractivity contribution in [3.63, 3.8) is 0 Å². The quantitative estimate of drug-likeness (QED) is 0.764. The zero-order chi connectivity index (χ0) is 11.5. The Morgan fingerprint density at radius 2 is 2.38 bits per heavy atom. The highest BCUT2D eigenvalue weighted by atomic mass is 16.3. The number of rotatable bonds is 4. The fourth-order valence-corrected chi connectivity index (χ4v) is 1.69. The molecule has 1 heterocycles. The van der Waals surface area contributed by atoms with Gasteiger partial charge < -0.3 is 15.7 Å². The van der Waals surface area contributed by atoms with E-state index >= 15 is 0 Å². The molecule has 1 aliphatic carbocycles. The van der Waals surface area contributed by atoms with Crippen molar-refractivity contribution in [2.45, 2.75) is 18.9 Å². The number of aliphatic hydroxyl groups is 1. The van der Waals surface area contributed by atoms with E-state index in [1.54, 1.807) is 17.0 Å². The van der Waals surface area contributed by atoms with Crippen molar-refractivity contribution in [1.82, 2.24) is 9.88 Å². The van der Waals surface area contributed by atoms with Crippen LogP contribution in [0.2, 0.25) is 0 Å². The Kier molecular flexibility index (Phi) is 3.05. The van der Waals surface area contributed by atoms with Gasteiger partial charge in [-0.15, -0.1) is 0 Å². The number of anilines is 1. The second kappa shape index (κ2) is 4.49. The summed E-state index contributed by atoms with van der Waals surface area (Å²) in [5, 5.41) is 8.93. The minimum Gasteiger partial charge on any atom is -0.395 e. The van der Waals surface area contributed by atoms with Gasteiger partial charge in [-0.25, -0.2) is 4.98 Å². The van der Waals surface area contributed by atoms with Crippen LogP contribution in [0.4, 0.5) is 5.82 Å². The summed E-state index contributed by atoms with van der Waals surface area (Å²) < 4.78 is 0. The summed E-state index contributed by atoms with van der Waals surface area (Å²) in [5.74, 6) is 0.260. The monoisotopic (exact) mass is 221 g/mol. The lowest BCUT2D eigenvalue weighted by molar-refractivity contribution is 0.0707. The number of carbonyl (C=O) groups is 1. The second-order valence-corrected chi connectivity index (χ2v) is 3.92. The van der Waals surface area contributed by atoms with Crippen molar-refractivity contribution in [1.29, 1.82) is 0 Å². The van der Waals surface area contributed by atoms with Gasteiger partial charge in [-0.3, -0.25) is 4.79 Å². The van der Waals surface area contributed by atoms with E-state index in [0.29, 0.717) is 17.9 Å². The van der Waals surface area contributed by atoms with Crippen LogP contribution >= 0.6 is 0 Å². The van der Waals surface area contributed by atoms with Crippen LogP contribution in [0.15, 0.2) is 18.3 Å². The minimum absolute atomic E-state index is 0.0111. The van der Waals surface area contributed by atoms with Gasteiger partial charge in [0.25, 0.3) is 5.91 Å². The van der Waals surface area contributed by atoms with Crippen molar-refractivity contribution in [3.05, 3.63) is 23.9 Å². The molecular weight excluding hydrogens is 206 g/mol. The van der Waals surface area contributed by atoms with E-state index in [4.69, 9.17) is 10.8 Å². The average molecular weight is 221 g/mol. The van der Waals surface area contributed by atoms with Gasteiger partial charge in [0, 0.05) is 24.3 Å². The maximum atomic E-state index is 12.1. The highest BCUT2D eigenvalue weighted by molar-refractivity contribution is 5.95. The molecular formula is C11H15N3O2. The van der Waals surface area contributed by atoms with Gasteiger partial charge in [-0.1, -0.05) is 0 Å². The van der Waals surface area contributed by atoms with E-state index < -0.39 is 0 Å². The largest absolute Gasteiger partial charge is 0.395 e. The number of aliphatic hydroxyl groups excluding tert-OH is 1. The number of hydrogen-bond acceptors (Lipinski definition) is 4. The van der Waals surface area contributed by atoms with Crippen LogP contribution in [0.25, 0.3) is 0 Å². The van der Waals surface area contributed by atoms with E-state index in [-0.39, 0.29) is 18.6 Å². The van der Waals surface area contributed by atoms with Crippen LogP contribution in [0.1, 0.15) is 23.2 Å². The number of nitrogens with two attached hydrogens (primary N) is 1. The molecule has 1 aromatic rings. The van der Waals surface area contributed by atoms with Gasteiger partial charge >= 0.3 is 0 Å². The Labute approximate surface area is 93.9 Å². The SMILES string of the molecule is Nc1cc(C(=O)N(CCO)C2CC2)ccn1. The maximum Gasteiger partial charge on any atom is 0.254 e. The van der Waals surface area contributed by atoms with Gasteiger partial charge in [-0.05, 0) is 25.0 Å². The lowest BCUT2D eigenvalue weighted by Gasteiger charge is -2.21. The Morgan fingerprint density at radius 1 is 1.62 bits per heavy atom. The topological polar surface area (TPSA) is 79.5 Å². The first-order valence-corrected chi connectivity index (χ1v) is 5.35. The van der Waals surface area contributed by atoms with E-state index in [9.17, 15) is 4.79 Å². The van der Waals surface area contributed by atoms with Crippen molar-refractivity contribution in [2.75, 3.05) is 18.9 Å². The lowest BCUT2D eigenvalue weighted by Crippen LogP contribution is -2.35. The third kappa shape index (κ3) is 2.30. The molecule has 1 saturated carbocycles. The van der Waals surface area contributed by atoms with Crippen molar-refractivity contribution in [2.24, 2.45) is 0 Å². The summed E-state index contributed by atoms with van der Waals surface area (Å²) in [6.45, 7) is 0.370. The van der Waals surface area contributed by atoms with E-state index in [1.807, 2.05) is 0 Å². The number of nitrogens with zero attached hydrogens (tertiary/aromatic N) is 2. The van der Waals surface area contributed by atoms with Crippen LogP contribution in [0, 0.1) is 0 Å². The molecule has 5 nitrogen and oxygen atoms in total. The van der Waals surface area contributed by atoms with E-state index in [1.165, 1.54) is 6.20 Å². The number of amides is 1. The second-order valence-electron chi connectivity index (χ2n) is 3.92. The molecule has 0 bridgehead atoms. The summed E-state index contributed by atoms with van der Waals surface area (Å²) in [6, 6.07) is 3.50. The first-order chi connectivity index (χ1) is 7.72. The van der Waals surface area contributed by atoms with Crippen molar-refractivity contribution in [3.8, 4) is 0 Å². The summed E-state index contributed by atoms with van der Waals surface area (Å²) in [7, 11) is 0. The van der Waals surface area contributed by atoms with Gasteiger partial charge in [-0.2, -0.15) is 0 Å². The summed E-state index contributed by atoms with van der Waals surface area (Å²) in [4.78, 5) is 17.6. The third-order valence-electron chi connectivity index (χ3n) is 2.62. The maximum absolute atomic E-state index is 12.1. The zero-order valence-corrected chi connectivity index (χ0v) is 8.97. The first kappa shape index (κ1) is 10.9. The number of carbonyl (C=O) groups excluding carboxylic acids is 1. The van der Waals surface area contributed by atoms with Crippen LogP contribution < -0.4 is 5.73 Å². The summed E-state index contributed by atoms with van der Waals surface area (Å²) in [6.07, 6.45) is 3.56. The lowest BCUT2D eigenvalue weighted by atomic mass is 10.2. The van der Waals surface area contributed by atoms with Crippen LogP contribution in [-0.4, -0.2) is 40.1 Å². The Hall–Kier alpha value is -1.62. The molecule has 0 unspecified atom stereocenters. The van der Waals surface area contributed by atoms with Crippen LogP contribution in [0.5, 0.6) is 0 Å². The molecule has 1 aliphatic rings. The standard InChI is InChI=1S/C11H15N3O2/c12-10-7-8(3-4-13-10)11(16)14(5-6-15)9-1-2-9/h3-4,7,9,15H,1-2,5-6H2,(H2,12,13). The Balaban J connectivity index is 2.15. The van der Waals surface area contributed by atoms with Gasteiger partial charge in [0.2, 0.25) is 0 Å². The molecule has 16 heavy (non-hydrogen) atoms. The molecule has 5 heteroatoms. The zero-order valence-electron chi connectivity index (χ0n) is 8.97. The van der Waals surface area contributed by atoms with Gasteiger partial charge in [0.15, 0.2) is 0 Å². The summed E-state index contributed by atoms with van der Waals surface area (Å²) >= 11 is 0. The Morgan fingerprint density at radius 3 is 2.94 bits per heavy atom. The molecule has 0 spiro atoms. The molecule has 0 aromatic carbocycles. The molecule has 0 atom stereocenters. The molecule has 0 saturated heterocycles. The summed E-state index contributed by atoms with van der Waals surface area (Å²) in [5.41, 5.74) is 6.07. The molecule has 1 fully saturated rings. The molecule has 3 N–H and O–H groups in total. The van der Waals surface area contributed by atoms with Crippen molar-refractivity contribution < 1.29 is 9.90 Å². The normalized spacial score (nSPS) is 14.8. The highest BCUT2D eigenvalue weighted by Gasteiger charge is 2.32. The number of pyridine rings is 1. The fraction of sp³-hybridized carbons (Fsp3) is 0.455. The van der Waals surface area contributed by atoms with E-state index in [0.717, 1.165) is 12.8 Å². The van der Waals surface area contributed by atoms with E-state index in [2.05, 4.69) is 4.98 Å². The van der Waals surface area contributed by atoms with Crippen LogP contribution in [0.3, 0.4) is 0 Å². The third-order valence-corrected chi connectivity index (χ3v) is 2.62. The molecule has 1 amide bonds. The molecule has 1 aromatic heterocycles. The Bertz CT molecular complexity index is 391. The average Bonchev–Trinajstić information content (AvgIpc) is 3.09. The molecule has 0 radical (unpaired) electrons. The number of aromatic nitrogens is 1. The molecule has 2 rings (SSSR count). The van der Waals surface area contributed by atoms with Gasteiger partial charge in [0.1, 0.15) is 5.82 Å². The number of nitrogen functional groups attached to an aromatic ring is 1. The molecule has 86 valence electrons. The number of hydrogen-bond donors (Lipinski definition) is 2. The first-order valence-electron chi connectivity index (χ1n) is 5.35. The predicted molar refractivity (Wildman–Crippen MR) is 59.8 cm³/mol. The smallest absolute Gasteiger partial charge is 0.254 e. The molecule has 0 aliphatic heterocycles. The van der Waals surface area contributed by atoms with Crippen LogP contribution in [-0.2, 0) is 0 Å². The van der Waals surface area contributed by atoms with Gasteiger partial charge in [0.05, 0.1) is 6.61 Å². The highest BCUT2D eigenvalue weighted by Crippen LogP contribution is 2.27. The minimum atomic E-state index is -0.0781.